The number of benzene rings is 2. The minimum absolute atomic E-state index is 0.394. The van der Waals surface area contributed by atoms with Gasteiger partial charge in [0, 0.05) is 0 Å². The Hall–Kier alpha value is -2.31. The summed E-state index contributed by atoms with van der Waals surface area (Å²) in [5.74, 6) is 5.61. The predicted molar refractivity (Wildman–Crippen MR) is 75.8 cm³/mol. The van der Waals surface area contributed by atoms with Crippen LogP contribution < -0.4 is 4.74 Å². The Bertz CT molecular complexity index is 652. The zero-order chi connectivity index (χ0) is 14.6. The minimum atomic E-state index is -1.31. The smallest absolute Gasteiger partial charge is 0.148 e. The van der Waals surface area contributed by atoms with Crippen LogP contribution in [0.25, 0.3) is 0 Å². The SMILES string of the molecule is COc1ccc(F)cc1C#CC(C)(O)c1ccccc1. The average Bonchev–Trinajstić information content (AvgIpc) is 2.46. The third-order valence-corrected chi connectivity index (χ3v) is 2.94. The fourth-order valence-corrected chi connectivity index (χ4v) is 1.80. The molecule has 1 unspecified atom stereocenters. The van der Waals surface area contributed by atoms with Gasteiger partial charge >= 0.3 is 0 Å². The van der Waals surface area contributed by atoms with Gasteiger partial charge < -0.3 is 9.84 Å². The summed E-state index contributed by atoms with van der Waals surface area (Å²) < 4.78 is 18.4. The van der Waals surface area contributed by atoms with Gasteiger partial charge in [-0.25, -0.2) is 4.39 Å². The molecule has 0 aliphatic heterocycles. The lowest BCUT2D eigenvalue weighted by Gasteiger charge is -2.16. The molecule has 0 fully saturated rings. The molecule has 0 heterocycles. The molecule has 0 spiro atoms. The van der Waals surface area contributed by atoms with Crippen LogP contribution in [0.2, 0.25) is 0 Å². The van der Waals surface area contributed by atoms with Crippen LogP contribution in [-0.4, -0.2) is 12.2 Å². The van der Waals surface area contributed by atoms with E-state index in [4.69, 9.17) is 4.74 Å². The van der Waals surface area contributed by atoms with Gasteiger partial charge in [0.1, 0.15) is 17.2 Å². The molecule has 0 aromatic heterocycles. The molecular weight excluding hydrogens is 255 g/mol. The van der Waals surface area contributed by atoms with Crippen LogP contribution in [0, 0.1) is 17.7 Å². The second-order valence-electron chi connectivity index (χ2n) is 4.53. The summed E-state index contributed by atoms with van der Waals surface area (Å²) in [5, 5.41) is 10.4. The Balaban J connectivity index is 2.38. The van der Waals surface area contributed by atoms with Crippen LogP contribution in [-0.2, 0) is 5.60 Å². The Morgan fingerprint density at radius 1 is 1.15 bits per heavy atom. The van der Waals surface area contributed by atoms with Crippen LogP contribution in [0.3, 0.4) is 0 Å². The van der Waals surface area contributed by atoms with Crippen molar-refractivity contribution >= 4 is 0 Å². The first kappa shape index (κ1) is 14.1. The van der Waals surface area contributed by atoms with Crippen LogP contribution in [0.1, 0.15) is 18.1 Å². The third kappa shape index (κ3) is 3.17. The van der Waals surface area contributed by atoms with Gasteiger partial charge in [0.2, 0.25) is 0 Å². The van der Waals surface area contributed by atoms with E-state index in [9.17, 15) is 9.50 Å². The number of ether oxygens (including phenoxy) is 1. The summed E-state index contributed by atoms with van der Waals surface area (Å²) in [6.45, 7) is 1.60. The first-order valence-electron chi connectivity index (χ1n) is 6.17. The molecule has 102 valence electrons. The molecule has 0 aliphatic rings. The highest BCUT2D eigenvalue weighted by atomic mass is 19.1. The molecule has 1 atom stereocenters. The molecule has 0 saturated carbocycles. The fourth-order valence-electron chi connectivity index (χ4n) is 1.80. The normalized spacial score (nSPS) is 13.0. The lowest BCUT2D eigenvalue weighted by molar-refractivity contribution is 0.122. The summed E-state index contributed by atoms with van der Waals surface area (Å²) in [4.78, 5) is 0. The highest BCUT2D eigenvalue weighted by Crippen LogP contribution is 2.21. The molecule has 0 saturated heterocycles. The van der Waals surface area contributed by atoms with E-state index in [2.05, 4.69) is 11.8 Å². The average molecular weight is 270 g/mol. The molecule has 2 aromatic rings. The maximum absolute atomic E-state index is 13.2. The summed E-state index contributed by atoms with van der Waals surface area (Å²) >= 11 is 0. The van der Waals surface area contributed by atoms with E-state index in [1.165, 1.54) is 25.3 Å². The summed E-state index contributed by atoms with van der Waals surface area (Å²) in [6, 6.07) is 13.2. The van der Waals surface area contributed by atoms with Gasteiger partial charge in [-0.05, 0) is 30.7 Å². The van der Waals surface area contributed by atoms with Crippen molar-refractivity contribution in [3.05, 3.63) is 65.5 Å². The van der Waals surface area contributed by atoms with Gasteiger partial charge in [0.25, 0.3) is 0 Å². The van der Waals surface area contributed by atoms with E-state index in [1.54, 1.807) is 19.1 Å². The number of rotatable bonds is 2. The monoisotopic (exact) mass is 270 g/mol. The molecular formula is C17H15FO2. The number of halogens is 1. The highest BCUT2D eigenvalue weighted by Gasteiger charge is 2.19. The van der Waals surface area contributed by atoms with E-state index in [0.717, 1.165) is 0 Å². The quantitative estimate of drug-likeness (QED) is 0.850. The van der Waals surface area contributed by atoms with Crippen molar-refractivity contribution in [3.8, 4) is 17.6 Å². The molecule has 0 radical (unpaired) electrons. The van der Waals surface area contributed by atoms with Gasteiger partial charge in [-0.2, -0.15) is 0 Å². The largest absolute Gasteiger partial charge is 0.495 e. The molecule has 0 aliphatic carbocycles. The fraction of sp³-hybridized carbons (Fsp3) is 0.176. The first-order chi connectivity index (χ1) is 9.53. The summed E-state index contributed by atoms with van der Waals surface area (Å²) in [6.07, 6.45) is 0. The number of methoxy groups -OCH3 is 1. The van der Waals surface area contributed by atoms with Crippen molar-refractivity contribution < 1.29 is 14.2 Å². The molecule has 2 nitrogen and oxygen atoms in total. The van der Waals surface area contributed by atoms with Crippen molar-refractivity contribution in [1.82, 2.24) is 0 Å². The van der Waals surface area contributed by atoms with Crippen molar-refractivity contribution in [2.75, 3.05) is 7.11 Å². The van der Waals surface area contributed by atoms with E-state index >= 15 is 0 Å². The van der Waals surface area contributed by atoms with Crippen molar-refractivity contribution in [3.63, 3.8) is 0 Å². The van der Waals surface area contributed by atoms with Gasteiger partial charge in [-0.1, -0.05) is 42.2 Å². The van der Waals surface area contributed by atoms with Gasteiger partial charge in [0.15, 0.2) is 0 Å². The van der Waals surface area contributed by atoms with Crippen LogP contribution >= 0.6 is 0 Å². The maximum Gasteiger partial charge on any atom is 0.148 e. The lowest BCUT2D eigenvalue weighted by atomic mass is 9.96. The molecule has 1 N–H and O–H groups in total. The Labute approximate surface area is 117 Å². The highest BCUT2D eigenvalue weighted by molar-refractivity contribution is 5.48. The number of aliphatic hydroxyl groups is 1. The van der Waals surface area contributed by atoms with Crippen molar-refractivity contribution in [2.45, 2.75) is 12.5 Å². The van der Waals surface area contributed by atoms with Gasteiger partial charge in [-0.15, -0.1) is 0 Å². The summed E-state index contributed by atoms with van der Waals surface area (Å²) in [7, 11) is 1.49. The Morgan fingerprint density at radius 2 is 1.85 bits per heavy atom. The second-order valence-corrected chi connectivity index (χ2v) is 4.53. The van der Waals surface area contributed by atoms with Crippen LogP contribution in [0.4, 0.5) is 4.39 Å². The molecule has 3 heteroatoms. The standard InChI is InChI=1S/C17H15FO2/c1-17(19,14-6-4-3-5-7-14)11-10-13-12-15(18)8-9-16(13)20-2/h3-9,12,19H,1-2H3. The van der Waals surface area contributed by atoms with E-state index in [1.807, 2.05) is 18.2 Å². The van der Waals surface area contributed by atoms with E-state index < -0.39 is 11.4 Å². The third-order valence-electron chi connectivity index (χ3n) is 2.94. The maximum atomic E-state index is 13.2. The minimum Gasteiger partial charge on any atom is -0.495 e. The van der Waals surface area contributed by atoms with Gasteiger partial charge in [0.05, 0.1) is 12.7 Å². The Morgan fingerprint density at radius 3 is 2.50 bits per heavy atom. The second kappa shape index (κ2) is 5.77. The molecule has 2 rings (SSSR count). The predicted octanol–water partition coefficient (Wildman–Crippen LogP) is 3.09. The lowest BCUT2D eigenvalue weighted by Crippen LogP contribution is -2.18. The number of hydrogen-bond acceptors (Lipinski definition) is 2. The molecule has 2 aromatic carbocycles. The van der Waals surface area contributed by atoms with Gasteiger partial charge in [-0.3, -0.25) is 0 Å². The van der Waals surface area contributed by atoms with E-state index in [0.29, 0.717) is 16.9 Å². The number of hydrogen-bond donors (Lipinski definition) is 1. The van der Waals surface area contributed by atoms with E-state index in [-0.39, 0.29) is 0 Å². The molecule has 0 amide bonds. The summed E-state index contributed by atoms with van der Waals surface area (Å²) in [5.41, 5.74) is -0.218. The van der Waals surface area contributed by atoms with Crippen LogP contribution in [0.5, 0.6) is 5.75 Å². The zero-order valence-corrected chi connectivity index (χ0v) is 11.4. The van der Waals surface area contributed by atoms with Crippen molar-refractivity contribution in [1.29, 1.82) is 0 Å². The first-order valence-corrected chi connectivity index (χ1v) is 6.17. The molecule has 0 bridgehead atoms. The van der Waals surface area contributed by atoms with Crippen molar-refractivity contribution in [2.24, 2.45) is 0 Å². The Kier molecular flexibility index (Phi) is 4.07. The zero-order valence-electron chi connectivity index (χ0n) is 11.4. The topological polar surface area (TPSA) is 29.5 Å². The molecule has 20 heavy (non-hydrogen) atoms. The van der Waals surface area contributed by atoms with Crippen LogP contribution in [0.15, 0.2) is 48.5 Å².